The van der Waals surface area contributed by atoms with E-state index in [0.717, 1.165) is 31.4 Å². The Hall–Kier alpha value is -2.51. The van der Waals surface area contributed by atoms with Crippen molar-refractivity contribution < 1.29 is 28.2 Å². The van der Waals surface area contributed by atoms with Crippen LogP contribution < -0.4 is 5.32 Å². The van der Waals surface area contributed by atoms with Gasteiger partial charge in [-0.1, -0.05) is 12.1 Å². The first-order valence-electron chi connectivity index (χ1n) is 8.80. The van der Waals surface area contributed by atoms with Crippen molar-refractivity contribution in [3.05, 3.63) is 59.2 Å². The minimum atomic E-state index is -1.13. The van der Waals surface area contributed by atoms with Crippen molar-refractivity contribution in [3.63, 3.8) is 0 Å². The second kappa shape index (κ2) is 8.92. The Labute approximate surface area is 155 Å². The first-order valence-corrected chi connectivity index (χ1v) is 8.80. The lowest BCUT2D eigenvalue weighted by atomic mass is 10.1. The Morgan fingerprint density at radius 3 is 2.85 bits per heavy atom. The summed E-state index contributed by atoms with van der Waals surface area (Å²) in [5.41, 5.74) is 0.637. The highest BCUT2D eigenvalue weighted by atomic mass is 19.1. The number of carbonyl (C=O) groups is 1. The minimum absolute atomic E-state index is 0.117. The van der Waals surface area contributed by atoms with E-state index >= 15 is 0 Å². The smallest absolute Gasteiger partial charge is 0.262 e. The largest absolute Gasteiger partial charge is 0.507 e. The van der Waals surface area contributed by atoms with Gasteiger partial charge < -0.3 is 19.9 Å². The van der Waals surface area contributed by atoms with Gasteiger partial charge in [-0.2, -0.15) is 0 Å². The van der Waals surface area contributed by atoms with Gasteiger partial charge in [0, 0.05) is 24.4 Å². The van der Waals surface area contributed by atoms with Gasteiger partial charge in [0.25, 0.3) is 5.91 Å². The summed E-state index contributed by atoms with van der Waals surface area (Å²) >= 11 is 0. The molecule has 0 bridgehead atoms. The Morgan fingerprint density at radius 1 is 1.26 bits per heavy atom. The number of rotatable bonds is 6. The molecule has 144 valence electrons. The van der Waals surface area contributed by atoms with E-state index < -0.39 is 28.9 Å². The van der Waals surface area contributed by atoms with Crippen molar-refractivity contribution in [2.45, 2.75) is 32.0 Å². The van der Waals surface area contributed by atoms with Crippen LogP contribution in [0.2, 0.25) is 0 Å². The fraction of sp³-hybridized carbons (Fsp3) is 0.350. The van der Waals surface area contributed by atoms with Crippen molar-refractivity contribution in [1.29, 1.82) is 0 Å². The second-order valence-electron chi connectivity index (χ2n) is 6.44. The van der Waals surface area contributed by atoms with Crippen LogP contribution in [0.3, 0.4) is 0 Å². The number of halogens is 2. The molecule has 0 saturated carbocycles. The van der Waals surface area contributed by atoms with Gasteiger partial charge in [0.2, 0.25) is 0 Å². The van der Waals surface area contributed by atoms with Crippen LogP contribution in [-0.2, 0) is 16.1 Å². The number of amides is 1. The zero-order valence-corrected chi connectivity index (χ0v) is 14.7. The van der Waals surface area contributed by atoms with Crippen LogP contribution in [0.5, 0.6) is 5.75 Å². The van der Waals surface area contributed by atoms with Crippen LogP contribution in [0.1, 0.15) is 35.2 Å². The van der Waals surface area contributed by atoms with E-state index in [0.29, 0.717) is 31.0 Å². The Morgan fingerprint density at radius 2 is 2.11 bits per heavy atom. The van der Waals surface area contributed by atoms with Crippen LogP contribution in [0.4, 0.5) is 14.5 Å². The van der Waals surface area contributed by atoms with E-state index in [2.05, 4.69) is 5.32 Å². The molecule has 0 aliphatic carbocycles. The normalized spacial score (nSPS) is 16.9. The molecular weight excluding hydrogens is 356 g/mol. The predicted molar refractivity (Wildman–Crippen MR) is 95.7 cm³/mol. The molecule has 1 saturated heterocycles. The van der Waals surface area contributed by atoms with Gasteiger partial charge in [-0.3, -0.25) is 4.79 Å². The summed E-state index contributed by atoms with van der Waals surface area (Å²) in [6.45, 7) is 1.62. The number of benzene rings is 2. The van der Waals surface area contributed by atoms with E-state index in [-0.39, 0.29) is 6.10 Å². The Kier molecular flexibility index (Phi) is 6.36. The zero-order chi connectivity index (χ0) is 19.2. The molecule has 2 N–H and O–H groups in total. The number of hydrogen-bond acceptors (Lipinski definition) is 4. The average molecular weight is 377 g/mol. The van der Waals surface area contributed by atoms with Crippen molar-refractivity contribution in [3.8, 4) is 5.75 Å². The van der Waals surface area contributed by atoms with Gasteiger partial charge in [-0.05, 0) is 37.0 Å². The topological polar surface area (TPSA) is 67.8 Å². The molecule has 1 amide bonds. The van der Waals surface area contributed by atoms with Gasteiger partial charge in [-0.15, -0.1) is 0 Å². The molecule has 7 heteroatoms. The fourth-order valence-corrected chi connectivity index (χ4v) is 2.96. The molecule has 5 nitrogen and oxygen atoms in total. The third-order valence-electron chi connectivity index (χ3n) is 4.29. The van der Waals surface area contributed by atoms with E-state index in [1.807, 2.05) is 6.07 Å². The van der Waals surface area contributed by atoms with Gasteiger partial charge >= 0.3 is 0 Å². The van der Waals surface area contributed by atoms with Crippen molar-refractivity contribution in [1.82, 2.24) is 0 Å². The number of aromatic hydroxyl groups is 1. The van der Waals surface area contributed by atoms with Crippen LogP contribution in [-0.4, -0.2) is 30.3 Å². The quantitative estimate of drug-likeness (QED) is 0.798. The standard InChI is InChI=1S/C20H21F2NO4/c21-14-9-17(22)19(18(24)10-14)20(25)23-15-5-3-4-13(8-15)11-26-12-16-6-1-2-7-27-16/h3-5,8-10,16,24H,1-2,6-7,11-12H2,(H,23,25)/t16-/m1/s1. The van der Waals surface area contributed by atoms with Crippen LogP contribution in [0.15, 0.2) is 36.4 Å². The molecule has 2 aromatic rings. The summed E-state index contributed by atoms with van der Waals surface area (Å²) in [7, 11) is 0. The number of ether oxygens (including phenoxy) is 2. The number of anilines is 1. The maximum absolute atomic E-state index is 13.8. The van der Waals surface area contributed by atoms with Crippen LogP contribution in [0, 0.1) is 11.6 Å². The first kappa shape index (κ1) is 19.3. The highest BCUT2D eigenvalue weighted by Crippen LogP contribution is 2.23. The van der Waals surface area contributed by atoms with E-state index in [1.54, 1.807) is 18.2 Å². The Balaban J connectivity index is 1.59. The average Bonchev–Trinajstić information content (AvgIpc) is 2.62. The third-order valence-corrected chi connectivity index (χ3v) is 4.29. The number of phenolic OH excluding ortho intramolecular Hbond substituents is 1. The number of nitrogens with one attached hydrogen (secondary N) is 1. The van der Waals surface area contributed by atoms with Crippen LogP contribution >= 0.6 is 0 Å². The van der Waals surface area contributed by atoms with Gasteiger partial charge in [0.1, 0.15) is 22.9 Å². The van der Waals surface area contributed by atoms with Gasteiger partial charge in [0.05, 0.1) is 19.3 Å². The lowest BCUT2D eigenvalue weighted by Crippen LogP contribution is -2.24. The van der Waals surface area contributed by atoms with Crippen molar-refractivity contribution in [2.24, 2.45) is 0 Å². The maximum Gasteiger partial charge on any atom is 0.262 e. The number of phenols is 1. The SMILES string of the molecule is O=C(Nc1cccc(COC[C@H]2CCCCO2)c1)c1c(O)cc(F)cc1F. The summed E-state index contributed by atoms with van der Waals surface area (Å²) < 4.78 is 38.1. The highest BCUT2D eigenvalue weighted by molar-refractivity contribution is 6.06. The van der Waals surface area contributed by atoms with Crippen LogP contribution in [0.25, 0.3) is 0 Å². The lowest BCUT2D eigenvalue weighted by Gasteiger charge is -2.22. The second-order valence-corrected chi connectivity index (χ2v) is 6.44. The minimum Gasteiger partial charge on any atom is -0.507 e. The zero-order valence-electron chi connectivity index (χ0n) is 14.7. The summed E-state index contributed by atoms with van der Waals surface area (Å²) in [6, 6.07) is 8.13. The van der Waals surface area contributed by atoms with Crippen molar-refractivity contribution >= 4 is 11.6 Å². The van der Waals surface area contributed by atoms with Crippen molar-refractivity contribution in [2.75, 3.05) is 18.5 Å². The monoisotopic (exact) mass is 377 g/mol. The lowest BCUT2D eigenvalue weighted by molar-refractivity contribution is -0.0447. The van der Waals surface area contributed by atoms with E-state index in [9.17, 15) is 18.7 Å². The molecular formula is C20H21F2NO4. The molecule has 1 heterocycles. The first-order chi connectivity index (χ1) is 13.0. The number of hydrogen-bond donors (Lipinski definition) is 2. The summed E-state index contributed by atoms with van der Waals surface area (Å²) in [5, 5.41) is 12.1. The Bertz CT molecular complexity index is 783. The molecule has 1 fully saturated rings. The molecule has 2 aromatic carbocycles. The number of carbonyl (C=O) groups excluding carboxylic acids is 1. The van der Waals surface area contributed by atoms with E-state index in [1.165, 1.54) is 0 Å². The summed E-state index contributed by atoms with van der Waals surface area (Å²) in [6.07, 6.45) is 3.33. The molecule has 1 aliphatic heterocycles. The maximum atomic E-state index is 13.8. The molecule has 27 heavy (non-hydrogen) atoms. The highest BCUT2D eigenvalue weighted by Gasteiger charge is 2.19. The molecule has 0 aromatic heterocycles. The van der Waals surface area contributed by atoms with E-state index in [4.69, 9.17) is 9.47 Å². The molecule has 1 aliphatic rings. The summed E-state index contributed by atoms with van der Waals surface area (Å²) in [5.74, 6) is -3.70. The molecule has 0 radical (unpaired) electrons. The molecule has 1 atom stereocenters. The van der Waals surface area contributed by atoms with Gasteiger partial charge in [-0.25, -0.2) is 8.78 Å². The predicted octanol–water partition coefficient (Wildman–Crippen LogP) is 4.01. The fourth-order valence-electron chi connectivity index (χ4n) is 2.96. The summed E-state index contributed by atoms with van der Waals surface area (Å²) in [4.78, 5) is 12.2. The van der Waals surface area contributed by atoms with Gasteiger partial charge in [0.15, 0.2) is 0 Å². The molecule has 0 unspecified atom stereocenters. The third kappa shape index (κ3) is 5.24. The molecule has 0 spiro atoms. The molecule has 3 rings (SSSR count).